The van der Waals surface area contributed by atoms with Crippen LogP contribution in [0.3, 0.4) is 0 Å². The van der Waals surface area contributed by atoms with Gasteiger partial charge in [-0.05, 0) is 91.0 Å². The largest absolute Gasteiger partial charge is 0.420 e. The summed E-state index contributed by atoms with van der Waals surface area (Å²) in [7, 11) is 0. The van der Waals surface area contributed by atoms with Crippen LogP contribution in [0.2, 0.25) is 5.02 Å². The number of esters is 2. The number of aliphatic imine (C=N–C) groups is 1. The number of halogens is 3. The molecule has 5 rings (SSSR count). The van der Waals surface area contributed by atoms with Crippen LogP contribution in [0.4, 0.5) is 0 Å². The summed E-state index contributed by atoms with van der Waals surface area (Å²) in [6.07, 6.45) is 1.60. The number of nitrogens with zero attached hydrogens (tertiary/aromatic N) is 1. The lowest BCUT2D eigenvalue weighted by molar-refractivity contribution is -0.129. The Balaban J connectivity index is 1.37. The maximum atomic E-state index is 12.6. The molecule has 1 aliphatic rings. The molecular weight excluding hydrogens is 622 g/mol. The molecule has 1 heterocycles. The Kier molecular flexibility index (Phi) is 7.37. The first-order chi connectivity index (χ1) is 17.9. The van der Waals surface area contributed by atoms with Gasteiger partial charge in [0, 0.05) is 5.56 Å². The molecule has 0 bridgehead atoms. The van der Waals surface area contributed by atoms with Gasteiger partial charge in [-0.2, -0.15) is 0 Å². The molecule has 0 N–H and O–H groups in total. The molecule has 0 spiro atoms. The van der Waals surface area contributed by atoms with Gasteiger partial charge in [-0.25, -0.2) is 14.6 Å². The number of carbonyl (C=O) groups is 2. The van der Waals surface area contributed by atoms with Gasteiger partial charge < -0.3 is 9.47 Å². The molecule has 182 valence electrons. The van der Waals surface area contributed by atoms with Gasteiger partial charge in [0.25, 0.3) is 0 Å². The van der Waals surface area contributed by atoms with Gasteiger partial charge in [-0.1, -0.05) is 66.2 Å². The van der Waals surface area contributed by atoms with Crippen molar-refractivity contribution in [2.24, 2.45) is 4.99 Å². The maximum absolute atomic E-state index is 12.6. The van der Waals surface area contributed by atoms with E-state index >= 15 is 0 Å². The molecule has 5 nitrogen and oxygen atoms in total. The van der Waals surface area contributed by atoms with Crippen LogP contribution in [0.15, 0.2) is 111 Å². The van der Waals surface area contributed by atoms with E-state index in [2.05, 4.69) is 36.9 Å². The summed E-state index contributed by atoms with van der Waals surface area (Å²) in [5.74, 6) is -0.628. The summed E-state index contributed by atoms with van der Waals surface area (Å²) >= 11 is 13.0. The number of hydrogen-bond acceptors (Lipinski definition) is 5. The van der Waals surface area contributed by atoms with Gasteiger partial charge in [0.05, 0.1) is 19.5 Å². The Morgan fingerprint density at radius 3 is 2.11 bits per heavy atom. The zero-order valence-electron chi connectivity index (χ0n) is 19.0. The van der Waals surface area contributed by atoms with E-state index in [1.807, 2.05) is 54.6 Å². The van der Waals surface area contributed by atoms with Gasteiger partial charge in [-0.15, -0.1) is 0 Å². The van der Waals surface area contributed by atoms with E-state index in [1.54, 1.807) is 42.5 Å². The number of ether oxygens (including phenoxy) is 2. The summed E-state index contributed by atoms with van der Waals surface area (Å²) < 4.78 is 12.0. The minimum atomic E-state index is -0.593. The van der Waals surface area contributed by atoms with Gasteiger partial charge in [0.2, 0.25) is 5.90 Å². The van der Waals surface area contributed by atoms with Crippen LogP contribution in [0.5, 0.6) is 5.75 Å². The fraction of sp³-hybridized carbons (Fsp3) is 0. The monoisotopic (exact) mass is 635 g/mol. The fourth-order valence-corrected chi connectivity index (χ4v) is 5.26. The van der Waals surface area contributed by atoms with Crippen LogP contribution in [0, 0.1) is 0 Å². The van der Waals surface area contributed by atoms with Crippen molar-refractivity contribution >= 4 is 67.4 Å². The van der Waals surface area contributed by atoms with Gasteiger partial charge in [0.15, 0.2) is 11.4 Å². The molecule has 8 heteroatoms. The lowest BCUT2D eigenvalue weighted by Crippen LogP contribution is -2.10. The third-order valence-electron chi connectivity index (χ3n) is 5.47. The molecule has 4 aromatic rings. The number of hydrogen-bond donors (Lipinski definition) is 0. The van der Waals surface area contributed by atoms with Crippen LogP contribution >= 0.6 is 43.5 Å². The van der Waals surface area contributed by atoms with Crippen LogP contribution in [-0.4, -0.2) is 17.8 Å². The van der Waals surface area contributed by atoms with Crippen LogP contribution in [-0.2, 0) is 9.53 Å². The first-order valence-electron chi connectivity index (χ1n) is 11.0. The molecule has 1 aliphatic heterocycles. The standard InChI is InChI=1S/C29H16Br2ClNO4/c30-22-14-17(15-23(31)26(22)36-28(34)21-8-4-5-9-24(21)32)16-25-29(35)37-27(33-25)20-12-10-19(11-13-20)18-6-2-1-3-7-18/h1-16H/b25-16-. The molecule has 0 saturated carbocycles. The Hall–Kier alpha value is -3.52. The molecule has 0 saturated heterocycles. The maximum Gasteiger partial charge on any atom is 0.363 e. The van der Waals surface area contributed by atoms with E-state index < -0.39 is 11.9 Å². The van der Waals surface area contributed by atoms with Crippen molar-refractivity contribution in [3.63, 3.8) is 0 Å². The third-order valence-corrected chi connectivity index (χ3v) is 6.98. The highest BCUT2D eigenvalue weighted by Crippen LogP contribution is 2.36. The molecule has 0 aliphatic carbocycles. The average Bonchev–Trinajstić information content (AvgIpc) is 3.27. The summed E-state index contributed by atoms with van der Waals surface area (Å²) in [6.45, 7) is 0. The molecule has 0 aromatic heterocycles. The predicted molar refractivity (Wildman–Crippen MR) is 151 cm³/mol. The van der Waals surface area contributed by atoms with E-state index in [-0.39, 0.29) is 22.9 Å². The van der Waals surface area contributed by atoms with Gasteiger partial charge >= 0.3 is 11.9 Å². The quantitative estimate of drug-likeness (QED) is 0.126. The highest BCUT2D eigenvalue weighted by atomic mass is 79.9. The number of rotatable bonds is 5. The van der Waals surface area contributed by atoms with Crippen LogP contribution in [0.1, 0.15) is 21.5 Å². The SMILES string of the molecule is O=C1OC(c2ccc(-c3ccccc3)cc2)=N/C1=C\c1cc(Br)c(OC(=O)c2ccccc2Cl)c(Br)c1. The molecule has 4 aromatic carbocycles. The fourth-order valence-electron chi connectivity index (χ4n) is 3.66. The van der Waals surface area contributed by atoms with E-state index in [0.29, 0.717) is 25.1 Å². The van der Waals surface area contributed by atoms with E-state index in [0.717, 1.165) is 11.1 Å². The minimum Gasteiger partial charge on any atom is -0.420 e. The lowest BCUT2D eigenvalue weighted by Gasteiger charge is -2.10. The van der Waals surface area contributed by atoms with Gasteiger partial charge in [0.1, 0.15) is 0 Å². The highest BCUT2D eigenvalue weighted by Gasteiger charge is 2.25. The Labute approximate surface area is 234 Å². The predicted octanol–water partition coefficient (Wildman–Crippen LogP) is 8.10. The van der Waals surface area contributed by atoms with Crippen molar-refractivity contribution in [2.45, 2.75) is 0 Å². The summed E-state index contributed by atoms with van der Waals surface area (Å²) in [5, 5.41) is 0.296. The third kappa shape index (κ3) is 5.59. The van der Waals surface area contributed by atoms with Crippen molar-refractivity contribution < 1.29 is 19.1 Å². The topological polar surface area (TPSA) is 65.0 Å². The molecule has 0 unspecified atom stereocenters. The molecule has 0 atom stereocenters. The molecule has 0 radical (unpaired) electrons. The normalized spacial score (nSPS) is 13.9. The van der Waals surface area contributed by atoms with Crippen molar-refractivity contribution in [1.82, 2.24) is 0 Å². The number of carbonyl (C=O) groups excluding carboxylic acids is 2. The zero-order chi connectivity index (χ0) is 25.9. The van der Waals surface area contributed by atoms with Crippen molar-refractivity contribution in [2.75, 3.05) is 0 Å². The van der Waals surface area contributed by atoms with Crippen molar-refractivity contribution in [1.29, 1.82) is 0 Å². The Bertz CT molecular complexity index is 1560. The molecule has 0 fully saturated rings. The minimum absolute atomic E-state index is 0.154. The second kappa shape index (κ2) is 10.8. The van der Waals surface area contributed by atoms with Crippen LogP contribution < -0.4 is 4.74 Å². The molecular formula is C29H16Br2ClNO4. The molecule has 37 heavy (non-hydrogen) atoms. The first-order valence-corrected chi connectivity index (χ1v) is 13.0. The highest BCUT2D eigenvalue weighted by molar-refractivity contribution is 9.11. The van der Waals surface area contributed by atoms with E-state index in [9.17, 15) is 9.59 Å². The number of benzene rings is 4. The summed E-state index contributed by atoms with van der Waals surface area (Å²) in [5.41, 5.74) is 3.89. The van der Waals surface area contributed by atoms with E-state index in [4.69, 9.17) is 21.1 Å². The number of cyclic esters (lactones) is 1. The van der Waals surface area contributed by atoms with Gasteiger partial charge in [-0.3, -0.25) is 0 Å². The average molecular weight is 638 g/mol. The van der Waals surface area contributed by atoms with Crippen molar-refractivity contribution in [3.8, 4) is 16.9 Å². The Morgan fingerprint density at radius 2 is 1.43 bits per heavy atom. The zero-order valence-corrected chi connectivity index (χ0v) is 22.9. The Morgan fingerprint density at radius 1 is 0.838 bits per heavy atom. The second-order valence-electron chi connectivity index (χ2n) is 7.96. The first kappa shape index (κ1) is 25.1. The molecule has 0 amide bonds. The summed E-state index contributed by atoms with van der Waals surface area (Å²) in [6, 6.07) is 27.7. The lowest BCUT2D eigenvalue weighted by atomic mass is 10.0. The van der Waals surface area contributed by atoms with Crippen molar-refractivity contribution in [3.05, 3.63) is 127 Å². The second-order valence-corrected chi connectivity index (χ2v) is 10.1. The summed E-state index contributed by atoms with van der Waals surface area (Å²) in [4.78, 5) is 29.5. The smallest absolute Gasteiger partial charge is 0.363 e. The van der Waals surface area contributed by atoms with Crippen LogP contribution in [0.25, 0.3) is 17.2 Å². The van der Waals surface area contributed by atoms with E-state index in [1.165, 1.54) is 0 Å².